The fraction of sp³-hybridized carbons (Fsp3) is 0.500. The van der Waals surface area contributed by atoms with Crippen LogP contribution in [0.15, 0.2) is 42.5 Å². The highest BCUT2D eigenvalue weighted by Crippen LogP contribution is 2.20. The molecule has 1 aliphatic rings. The summed E-state index contributed by atoms with van der Waals surface area (Å²) in [4.78, 5) is 36.9. The first-order valence-corrected chi connectivity index (χ1v) is 9.62. The molecule has 0 aliphatic carbocycles. The van der Waals surface area contributed by atoms with Crippen LogP contribution in [0, 0.1) is 5.92 Å². The van der Waals surface area contributed by atoms with Crippen molar-refractivity contribution in [2.24, 2.45) is 5.92 Å². The number of cyclic esters (lactones) is 1. The molecule has 0 fully saturated rings. The van der Waals surface area contributed by atoms with Crippen LogP contribution in [0.25, 0.3) is 0 Å². The molecule has 1 heterocycles. The molecule has 2 rings (SSSR count). The summed E-state index contributed by atoms with van der Waals surface area (Å²) in [5.74, 6) is -1.60. The molecular weight excluding hydrogens is 358 g/mol. The predicted molar refractivity (Wildman–Crippen MR) is 105 cm³/mol. The molecule has 28 heavy (non-hydrogen) atoms. The topological polar surface area (TPSA) is 81.7 Å². The van der Waals surface area contributed by atoms with Crippen molar-refractivity contribution in [3.05, 3.63) is 48.0 Å². The zero-order valence-electron chi connectivity index (χ0n) is 16.8. The van der Waals surface area contributed by atoms with Crippen LogP contribution in [0.3, 0.4) is 0 Å². The number of nitrogens with one attached hydrogen (secondary N) is 1. The zero-order chi connectivity index (χ0) is 20.6. The molecule has 0 saturated carbocycles. The summed E-state index contributed by atoms with van der Waals surface area (Å²) in [6, 6.07) is 8.95. The molecule has 0 bridgehead atoms. The standard InChI is InChI=1S/C22H29NO5/c1-22(2,3)28-20(25)14-17-12-8-5-9-13-19(24)23-18(15-27-21(17)26)16-10-6-4-7-11-16/h4-8,10-11,17-18H,9,12-15H2,1-3H3,(H,23,24)/b8-5+/t17-,18-/m0/s1. The van der Waals surface area contributed by atoms with Gasteiger partial charge in [-0.3, -0.25) is 14.4 Å². The van der Waals surface area contributed by atoms with E-state index in [1.54, 1.807) is 20.8 Å². The van der Waals surface area contributed by atoms with E-state index in [0.29, 0.717) is 19.3 Å². The van der Waals surface area contributed by atoms with Gasteiger partial charge in [0.15, 0.2) is 0 Å². The van der Waals surface area contributed by atoms with Crippen molar-refractivity contribution in [2.75, 3.05) is 6.61 Å². The summed E-state index contributed by atoms with van der Waals surface area (Å²) >= 11 is 0. The normalized spacial score (nSPS) is 22.8. The number of allylic oxidation sites excluding steroid dienone is 2. The molecule has 0 radical (unpaired) electrons. The number of rotatable bonds is 3. The van der Waals surface area contributed by atoms with Crippen LogP contribution in [0.2, 0.25) is 0 Å². The molecule has 6 nitrogen and oxygen atoms in total. The van der Waals surface area contributed by atoms with Gasteiger partial charge in [-0.15, -0.1) is 0 Å². The Kier molecular flexibility index (Phi) is 7.79. The Labute approximate surface area is 166 Å². The molecule has 0 aromatic heterocycles. The average Bonchev–Trinajstić information content (AvgIpc) is 2.62. The van der Waals surface area contributed by atoms with Crippen molar-refractivity contribution in [1.29, 1.82) is 0 Å². The third-order valence-corrected chi connectivity index (χ3v) is 4.22. The Morgan fingerprint density at radius 3 is 2.57 bits per heavy atom. The summed E-state index contributed by atoms with van der Waals surface area (Å²) in [7, 11) is 0. The van der Waals surface area contributed by atoms with Crippen LogP contribution >= 0.6 is 0 Å². The first kappa shape index (κ1) is 21.7. The molecule has 0 unspecified atom stereocenters. The predicted octanol–water partition coefficient (Wildman–Crippen LogP) is 3.48. The maximum absolute atomic E-state index is 12.6. The van der Waals surface area contributed by atoms with Crippen LogP contribution in [0.4, 0.5) is 0 Å². The SMILES string of the molecule is CC(C)(C)OC(=O)C[C@@H]1C/C=C/CCC(=O)N[C@H](c2ccccc2)COC1=O. The Morgan fingerprint density at radius 1 is 1.18 bits per heavy atom. The molecule has 1 aromatic rings. The summed E-state index contributed by atoms with van der Waals surface area (Å²) < 4.78 is 10.8. The summed E-state index contributed by atoms with van der Waals surface area (Å²) in [5.41, 5.74) is 0.255. The largest absolute Gasteiger partial charge is 0.463 e. The van der Waals surface area contributed by atoms with E-state index in [-0.39, 0.29) is 18.9 Å². The monoisotopic (exact) mass is 387 g/mol. The Morgan fingerprint density at radius 2 is 1.89 bits per heavy atom. The molecule has 1 aliphatic heterocycles. The number of ether oxygens (including phenoxy) is 2. The van der Waals surface area contributed by atoms with E-state index in [9.17, 15) is 14.4 Å². The number of hydrogen-bond acceptors (Lipinski definition) is 5. The first-order valence-electron chi connectivity index (χ1n) is 9.62. The molecule has 1 aromatic carbocycles. The minimum Gasteiger partial charge on any atom is -0.463 e. The van der Waals surface area contributed by atoms with Crippen LogP contribution in [0.5, 0.6) is 0 Å². The molecule has 0 spiro atoms. The van der Waals surface area contributed by atoms with Crippen LogP contribution in [0.1, 0.15) is 58.1 Å². The Hall–Kier alpha value is -2.63. The van der Waals surface area contributed by atoms with Gasteiger partial charge in [-0.05, 0) is 39.2 Å². The van der Waals surface area contributed by atoms with Crippen molar-refractivity contribution in [1.82, 2.24) is 5.32 Å². The highest BCUT2D eigenvalue weighted by atomic mass is 16.6. The summed E-state index contributed by atoms with van der Waals surface area (Å²) in [6.45, 7) is 5.38. The minimum absolute atomic E-state index is 0.0170. The molecule has 152 valence electrons. The fourth-order valence-electron chi connectivity index (χ4n) is 2.90. The second kappa shape index (κ2) is 10.1. The van der Waals surface area contributed by atoms with Crippen LogP contribution < -0.4 is 5.32 Å². The lowest BCUT2D eigenvalue weighted by Crippen LogP contribution is -2.34. The lowest BCUT2D eigenvalue weighted by Gasteiger charge is -2.23. The first-order chi connectivity index (χ1) is 13.2. The Bertz CT molecular complexity index is 705. The van der Waals surface area contributed by atoms with E-state index < -0.39 is 29.5 Å². The number of hydrogen-bond donors (Lipinski definition) is 1. The van der Waals surface area contributed by atoms with Gasteiger partial charge in [-0.2, -0.15) is 0 Å². The van der Waals surface area contributed by atoms with E-state index in [0.717, 1.165) is 5.56 Å². The molecule has 6 heteroatoms. The summed E-state index contributed by atoms with van der Waals surface area (Å²) in [5, 5.41) is 2.92. The van der Waals surface area contributed by atoms with Gasteiger partial charge < -0.3 is 14.8 Å². The second-order valence-corrected chi connectivity index (χ2v) is 7.89. The van der Waals surface area contributed by atoms with Gasteiger partial charge in [0.05, 0.1) is 18.4 Å². The molecule has 1 amide bonds. The fourth-order valence-corrected chi connectivity index (χ4v) is 2.90. The number of esters is 2. The van der Waals surface area contributed by atoms with Crippen LogP contribution in [-0.2, 0) is 23.9 Å². The van der Waals surface area contributed by atoms with Gasteiger partial charge >= 0.3 is 11.9 Å². The molecule has 2 atom stereocenters. The van der Waals surface area contributed by atoms with Gasteiger partial charge in [-0.25, -0.2) is 0 Å². The maximum atomic E-state index is 12.6. The number of amides is 1. The highest BCUT2D eigenvalue weighted by molar-refractivity contribution is 5.80. The van der Waals surface area contributed by atoms with Crippen molar-refractivity contribution < 1.29 is 23.9 Å². The second-order valence-electron chi connectivity index (χ2n) is 7.89. The van der Waals surface area contributed by atoms with Gasteiger partial charge in [-0.1, -0.05) is 42.5 Å². The lowest BCUT2D eigenvalue weighted by molar-refractivity contribution is -0.161. The third kappa shape index (κ3) is 7.55. The van der Waals surface area contributed by atoms with Gasteiger partial charge in [0.2, 0.25) is 5.91 Å². The molecule has 0 saturated heterocycles. The zero-order valence-corrected chi connectivity index (χ0v) is 16.8. The Balaban J connectivity index is 2.11. The van der Waals surface area contributed by atoms with Crippen molar-refractivity contribution in [2.45, 2.75) is 58.1 Å². The lowest BCUT2D eigenvalue weighted by atomic mass is 10.00. The van der Waals surface area contributed by atoms with Gasteiger partial charge in [0.25, 0.3) is 0 Å². The van der Waals surface area contributed by atoms with Crippen molar-refractivity contribution in [3.63, 3.8) is 0 Å². The smallest absolute Gasteiger partial charge is 0.309 e. The van der Waals surface area contributed by atoms with Crippen LogP contribution in [-0.4, -0.2) is 30.1 Å². The van der Waals surface area contributed by atoms with E-state index in [2.05, 4.69) is 5.32 Å². The van der Waals surface area contributed by atoms with Gasteiger partial charge in [0.1, 0.15) is 12.2 Å². The van der Waals surface area contributed by atoms with Crippen molar-refractivity contribution in [3.8, 4) is 0 Å². The third-order valence-electron chi connectivity index (χ3n) is 4.22. The molecular formula is C22H29NO5. The number of carbonyl (C=O) groups is 3. The van der Waals surface area contributed by atoms with E-state index in [1.165, 1.54) is 0 Å². The van der Waals surface area contributed by atoms with E-state index >= 15 is 0 Å². The highest BCUT2D eigenvalue weighted by Gasteiger charge is 2.27. The summed E-state index contributed by atoms with van der Waals surface area (Å²) in [6.07, 6.45) is 4.93. The average molecular weight is 387 g/mol. The van der Waals surface area contributed by atoms with E-state index in [4.69, 9.17) is 9.47 Å². The quantitative estimate of drug-likeness (QED) is 0.634. The number of carbonyl (C=O) groups excluding carboxylic acids is 3. The molecule has 1 N–H and O–H groups in total. The van der Waals surface area contributed by atoms with Crippen molar-refractivity contribution >= 4 is 17.8 Å². The van der Waals surface area contributed by atoms with E-state index in [1.807, 2.05) is 42.5 Å². The van der Waals surface area contributed by atoms with Gasteiger partial charge in [0, 0.05) is 6.42 Å². The maximum Gasteiger partial charge on any atom is 0.309 e. The number of benzene rings is 1. The minimum atomic E-state index is -0.613.